The molecule has 9 nitrogen and oxygen atoms in total. The number of hydrogen-bond donors (Lipinski definition) is 0. The molecule has 0 aromatic heterocycles. The van der Waals surface area contributed by atoms with Crippen LogP contribution in [0.5, 0.6) is 11.5 Å². The van der Waals surface area contributed by atoms with Crippen molar-refractivity contribution in [2.24, 2.45) is 11.8 Å². The van der Waals surface area contributed by atoms with Crippen molar-refractivity contribution < 1.29 is 28.8 Å². The predicted octanol–water partition coefficient (Wildman–Crippen LogP) is 6.80. The van der Waals surface area contributed by atoms with E-state index in [1.807, 2.05) is 109 Å². The summed E-state index contributed by atoms with van der Waals surface area (Å²) < 4.78 is 11.0. The normalized spacial score (nSPS) is 23.7. The molecule has 0 radical (unpaired) electrons. The Labute approximate surface area is 287 Å². The molecule has 8 rings (SSSR count). The number of nitrogens with zero attached hydrogens (tertiary/aromatic N) is 2. The van der Waals surface area contributed by atoms with Gasteiger partial charge in [-0.15, -0.1) is 0 Å². The molecule has 4 atom stereocenters. The molecule has 0 N–H and O–H groups in total. The van der Waals surface area contributed by atoms with Crippen LogP contribution in [0.1, 0.15) is 22.3 Å². The van der Waals surface area contributed by atoms with Crippen LogP contribution >= 0.6 is 0 Å². The molecule has 1 heterocycles. The molecular weight excluding hydrogens is 632 g/mol. The van der Waals surface area contributed by atoms with Gasteiger partial charge in [-0.25, -0.2) is 4.90 Å². The Balaban J connectivity index is 1.51. The monoisotopic (exact) mass is 662 g/mol. The summed E-state index contributed by atoms with van der Waals surface area (Å²) in [6.45, 7) is 0. The minimum absolute atomic E-state index is 0.171. The number of methoxy groups -OCH3 is 2. The zero-order valence-electron chi connectivity index (χ0n) is 27.1. The lowest BCUT2D eigenvalue weighted by atomic mass is 9.59. The Morgan fingerprint density at radius 1 is 0.580 bits per heavy atom. The van der Waals surface area contributed by atoms with Crippen LogP contribution in [-0.4, -0.2) is 36.7 Å². The average Bonchev–Trinajstić information content (AvgIpc) is 3.67. The minimum Gasteiger partial charge on any atom is -0.497 e. The van der Waals surface area contributed by atoms with Crippen LogP contribution in [-0.2, 0) is 25.2 Å². The van der Waals surface area contributed by atoms with Crippen molar-refractivity contribution in [2.75, 3.05) is 19.1 Å². The van der Waals surface area contributed by atoms with Gasteiger partial charge < -0.3 is 9.47 Å². The number of imide groups is 1. The van der Waals surface area contributed by atoms with E-state index in [1.54, 1.807) is 14.2 Å². The molecule has 2 aliphatic carbocycles. The third-order valence-electron chi connectivity index (χ3n) is 10.5. The quantitative estimate of drug-likeness (QED) is 0.102. The number of Topliss-reactive ketones (excluding diaryl/α,β-unsaturated/α-hetero) is 1. The topological polar surface area (TPSA) is 116 Å². The first kappa shape index (κ1) is 31.0. The van der Waals surface area contributed by atoms with E-state index in [2.05, 4.69) is 0 Å². The predicted molar refractivity (Wildman–Crippen MR) is 187 cm³/mol. The van der Waals surface area contributed by atoms with Gasteiger partial charge in [0.2, 0.25) is 11.8 Å². The van der Waals surface area contributed by atoms with Crippen LogP contribution in [0.25, 0.3) is 11.1 Å². The van der Waals surface area contributed by atoms with E-state index >= 15 is 14.4 Å². The number of rotatable bonds is 8. The number of ketones is 1. The van der Waals surface area contributed by atoms with Gasteiger partial charge in [0.25, 0.3) is 5.69 Å². The lowest BCUT2D eigenvalue weighted by molar-refractivity contribution is -0.384. The summed E-state index contributed by atoms with van der Waals surface area (Å²) in [5.41, 5.74) is 0.736. The van der Waals surface area contributed by atoms with Gasteiger partial charge in [-0.2, -0.15) is 0 Å². The summed E-state index contributed by atoms with van der Waals surface area (Å²) in [5.74, 6) is -2.34. The van der Waals surface area contributed by atoms with Gasteiger partial charge in [0.15, 0.2) is 5.78 Å². The molecule has 5 aromatic rings. The number of ether oxygens (including phenoxy) is 2. The highest BCUT2D eigenvalue weighted by Crippen LogP contribution is 2.74. The van der Waals surface area contributed by atoms with Gasteiger partial charge >= 0.3 is 0 Å². The van der Waals surface area contributed by atoms with Crippen LogP contribution < -0.4 is 14.4 Å². The summed E-state index contributed by atoms with van der Waals surface area (Å²) in [6, 6.07) is 38.6. The molecule has 3 aliphatic rings. The lowest BCUT2D eigenvalue weighted by Crippen LogP contribution is -2.45. The number of nitro benzene ring substituents is 1. The average molecular weight is 663 g/mol. The molecular formula is C41H30N2O7. The SMILES string of the molecule is COc1ccc(C2=C(c3ccc(OC)cc3)[C@]3(c4ccccc4)C(=O)[C@]2(c2ccccc2)[C@@H]2C(=O)N(c4ccc([N+](=O)[O-])cc4)C(=O)[C@@H]23)cc1. The maximum atomic E-state index is 16.0. The molecule has 2 fully saturated rings. The highest BCUT2D eigenvalue weighted by atomic mass is 16.6. The van der Waals surface area contributed by atoms with Crippen molar-refractivity contribution >= 4 is 40.1 Å². The number of carbonyl (C=O) groups is 3. The van der Waals surface area contributed by atoms with E-state index in [0.29, 0.717) is 44.9 Å². The van der Waals surface area contributed by atoms with Gasteiger partial charge in [0.1, 0.15) is 11.5 Å². The number of non-ortho nitro benzene ring substituents is 1. The second-order valence-electron chi connectivity index (χ2n) is 12.6. The first-order chi connectivity index (χ1) is 24.3. The minimum atomic E-state index is -1.59. The molecule has 2 bridgehead atoms. The summed E-state index contributed by atoms with van der Waals surface area (Å²) in [7, 11) is 3.16. The van der Waals surface area contributed by atoms with Crippen LogP contribution in [0.2, 0.25) is 0 Å². The van der Waals surface area contributed by atoms with Crippen molar-refractivity contribution in [3.8, 4) is 11.5 Å². The molecule has 246 valence electrons. The zero-order valence-corrected chi connectivity index (χ0v) is 27.1. The number of allylic oxidation sites excluding steroid dienone is 2. The van der Waals surface area contributed by atoms with Crippen molar-refractivity contribution in [2.45, 2.75) is 10.8 Å². The fourth-order valence-electron chi connectivity index (χ4n) is 8.62. The van der Waals surface area contributed by atoms with Crippen molar-refractivity contribution in [3.63, 3.8) is 0 Å². The number of hydrogen-bond acceptors (Lipinski definition) is 7. The van der Waals surface area contributed by atoms with Crippen LogP contribution in [0, 0.1) is 22.0 Å². The highest BCUT2D eigenvalue weighted by molar-refractivity contribution is 6.39. The van der Waals surface area contributed by atoms with Gasteiger partial charge in [0.05, 0.1) is 47.5 Å². The number of fused-ring (bicyclic) bond motifs is 5. The van der Waals surface area contributed by atoms with Crippen molar-refractivity contribution in [3.05, 3.63) is 166 Å². The van der Waals surface area contributed by atoms with Gasteiger partial charge in [0, 0.05) is 12.1 Å². The summed E-state index contributed by atoms with van der Waals surface area (Å²) in [6.07, 6.45) is 0. The first-order valence-corrected chi connectivity index (χ1v) is 16.1. The fourth-order valence-corrected chi connectivity index (χ4v) is 8.62. The van der Waals surface area contributed by atoms with Crippen LogP contribution in [0.3, 0.4) is 0 Å². The molecule has 50 heavy (non-hydrogen) atoms. The molecule has 0 spiro atoms. The molecule has 0 unspecified atom stereocenters. The molecule has 1 saturated heterocycles. The van der Waals surface area contributed by atoms with E-state index in [9.17, 15) is 10.1 Å². The fraction of sp³-hybridized carbons (Fsp3) is 0.146. The Kier molecular flexibility index (Phi) is 7.04. The van der Waals surface area contributed by atoms with Crippen LogP contribution in [0.4, 0.5) is 11.4 Å². The summed E-state index contributed by atoms with van der Waals surface area (Å²) >= 11 is 0. The molecule has 1 saturated carbocycles. The molecule has 5 aromatic carbocycles. The Morgan fingerprint density at radius 2 is 0.980 bits per heavy atom. The number of benzene rings is 5. The standard InChI is InChI=1S/C41H30N2O7/c1-49-31-21-13-25(14-22-31)33-34(26-15-23-32(50-2)24-16-26)41(28-11-7-4-8-12-28)36-35(40(33,39(41)46)27-9-5-3-6-10-27)37(44)42(38(36)45)29-17-19-30(20-18-29)43(47)48/h3-24,35-36H,1-2H3/t35-,36+,40-,41-/m0/s1. The number of anilines is 1. The first-order valence-electron chi connectivity index (χ1n) is 16.1. The maximum Gasteiger partial charge on any atom is 0.269 e. The van der Waals surface area contributed by atoms with E-state index < -0.39 is 39.4 Å². The Bertz CT molecular complexity index is 2090. The third-order valence-corrected chi connectivity index (χ3v) is 10.5. The molecule has 9 heteroatoms. The third kappa shape index (κ3) is 3.97. The lowest BCUT2D eigenvalue weighted by Gasteiger charge is -2.39. The van der Waals surface area contributed by atoms with Gasteiger partial charge in [-0.05, 0) is 69.8 Å². The Hall–Kier alpha value is -6.35. The number of amides is 2. The maximum absolute atomic E-state index is 16.0. The highest BCUT2D eigenvalue weighted by Gasteiger charge is 2.82. The number of nitro groups is 1. The second-order valence-corrected chi connectivity index (χ2v) is 12.6. The smallest absolute Gasteiger partial charge is 0.269 e. The van der Waals surface area contributed by atoms with E-state index in [4.69, 9.17) is 9.47 Å². The van der Waals surface area contributed by atoms with Gasteiger partial charge in [-0.1, -0.05) is 84.9 Å². The van der Waals surface area contributed by atoms with E-state index in [-0.39, 0.29) is 17.2 Å². The van der Waals surface area contributed by atoms with E-state index in [1.165, 1.54) is 24.3 Å². The summed E-state index contributed by atoms with van der Waals surface area (Å²) in [5, 5.41) is 11.5. The summed E-state index contributed by atoms with van der Waals surface area (Å²) in [4.78, 5) is 58.2. The Morgan fingerprint density at radius 3 is 1.34 bits per heavy atom. The number of carbonyl (C=O) groups excluding carboxylic acids is 3. The largest absolute Gasteiger partial charge is 0.497 e. The second kappa shape index (κ2) is 11.4. The zero-order chi connectivity index (χ0) is 34.8. The molecule has 2 amide bonds. The van der Waals surface area contributed by atoms with E-state index in [0.717, 1.165) is 4.90 Å². The van der Waals surface area contributed by atoms with Crippen molar-refractivity contribution in [1.82, 2.24) is 0 Å². The van der Waals surface area contributed by atoms with Crippen molar-refractivity contribution in [1.29, 1.82) is 0 Å². The molecule has 1 aliphatic heterocycles. The van der Waals surface area contributed by atoms with Gasteiger partial charge in [-0.3, -0.25) is 24.5 Å². The van der Waals surface area contributed by atoms with Crippen LogP contribution in [0.15, 0.2) is 133 Å².